The van der Waals surface area contributed by atoms with Crippen molar-refractivity contribution in [2.75, 3.05) is 40.0 Å². The predicted molar refractivity (Wildman–Crippen MR) is 124 cm³/mol. The summed E-state index contributed by atoms with van der Waals surface area (Å²) in [6, 6.07) is 8.88. The van der Waals surface area contributed by atoms with Crippen LogP contribution >= 0.6 is 39.1 Å². The Bertz CT molecular complexity index is 952. The van der Waals surface area contributed by atoms with Gasteiger partial charge < -0.3 is 14.2 Å². The molecular formula is C21H22BrCl2N3O4. The van der Waals surface area contributed by atoms with E-state index in [0.717, 1.165) is 28.7 Å². The lowest BCUT2D eigenvalue weighted by molar-refractivity contribution is -0.123. The second-order valence-electron chi connectivity index (χ2n) is 6.74. The molecule has 1 amide bonds. The van der Waals surface area contributed by atoms with E-state index in [4.69, 9.17) is 37.4 Å². The molecule has 166 valence electrons. The van der Waals surface area contributed by atoms with E-state index in [9.17, 15) is 4.79 Å². The summed E-state index contributed by atoms with van der Waals surface area (Å²) in [5.74, 6) is 0.904. The van der Waals surface area contributed by atoms with Gasteiger partial charge in [-0.25, -0.2) is 5.43 Å². The number of hydrazone groups is 1. The Labute approximate surface area is 199 Å². The monoisotopic (exact) mass is 529 g/mol. The van der Waals surface area contributed by atoms with Gasteiger partial charge in [-0.3, -0.25) is 9.69 Å². The van der Waals surface area contributed by atoms with Gasteiger partial charge in [-0.1, -0.05) is 29.3 Å². The number of morpholine rings is 1. The normalized spacial score (nSPS) is 14.6. The van der Waals surface area contributed by atoms with Crippen molar-refractivity contribution in [3.63, 3.8) is 0 Å². The van der Waals surface area contributed by atoms with E-state index < -0.39 is 0 Å². The van der Waals surface area contributed by atoms with Crippen LogP contribution in [0.3, 0.4) is 0 Å². The highest BCUT2D eigenvalue weighted by Gasteiger charge is 2.14. The average molecular weight is 531 g/mol. The van der Waals surface area contributed by atoms with Crippen molar-refractivity contribution in [1.82, 2.24) is 10.3 Å². The highest BCUT2D eigenvalue weighted by molar-refractivity contribution is 9.10. The lowest BCUT2D eigenvalue weighted by Gasteiger charge is -2.25. The number of hydrogen-bond acceptors (Lipinski definition) is 6. The first kappa shape index (κ1) is 23.8. The Kier molecular flexibility index (Phi) is 8.98. The molecule has 0 aliphatic carbocycles. The van der Waals surface area contributed by atoms with Crippen molar-refractivity contribution in [1.29, 1.82) is 0 Å². The third kappa shape index (κ3) is 7.08. The molecule has 0 unspecified atom stereocenters. The van der Waals surface area contributed by atoms with Gasteiger partial charge in [-0.15, -0.1) is 0 Å². The van der Waals surface area contributed by atoms with Crippen molar-refractivity contribution in [3.05, 3.63) is 56.0 Å². The summed E-state index contributed by atoms with van der Waals surface area (Å²) < 4.78 is 17.3. The van der Waals surface area contributed by atoms with Crippen LogP contribution in [0.2, 0.25) is 10.0 Å². The molecule has 0 atom stereocenters. The predicted octanol–water partition coefficient (Wildman–Crippen LogP) is 4.13. The fraction of sp³-hybridized carbons (Fsp3) is 0.333. The van der Waals surface area contributed by atoms with E-state index in [2.05, 4.69) is 26.5 Å². The standard InChI is InChI=1S/C21H22BrCl2N3O4/c1-29-19-9-15(11-25-26-21(28)12-27-4-6-30-7-5-27)16(22)10-20(19)31-13-14-2-3-17(23)18(24)8-14/h2-3,8-11H,4-7,12-13H2,1H3,(H,26,28). The minimum Gasteiger partial charge on any atom is -0.493 e. The first-order valence-electron chi connectivity index (χ1n) is 9.52. The summed E-state index contributed by atoms with van der Waals surface area (Å²) in [6.45, 7) is 3.34. The summed E-state index contributed by atoms with van der Waals surface area (Å²) in [6.07, 6.45) is 1.55. The zero-order valence-corrected chi connectivity index (χ0v) is 20.0. The molecule has 0 bridgehead atoms. The molecule has 0 spiro atoms. The highest BCUT2D eigenvalue weighted by Crippen LogP contribution is 2.34. The number of carbonyl (C=O) groups is 1. The van der Waals surface area contributed by atoms with Gasteiger partial charge in [0.25, 0.3) is 5.91 Å². The molecule has 31 heavy (non-hydrogen) atoms. The van der Waals surface area contributed by atoms with E-state index in [1.807, 2.05) is 11.0 Å². The SMILES string of the molecule is COc1cc(C=NNC(=O)CN2CCOCC2)c(Br)cc1OCc1ccc(Cl)c(Cl)c1. The number of rotatable bonds is 8. The lowest BCUT2D eigenvalue weighted by atomic mass is 10.2. The topological polar surface area (TPSA) is 72.4 Å². The zero-order valence-electron chi connectivity index (χ0n) is 16.9. The average Bonchev–Trinajstić information content (AvgIpc) is 2.76. The summed E-state index contributed by atoms with van der Waals surface area (Å²) in [7, 11) is 1.56. The minimum absolute atomic E-state index is 0.178. The Morgan fingerprint density at radius 2 is 2.00 bits per heavy atom. The van der Waals surface area contributed by atoms with Crippen LogP contribution in [-0.2, 0) is 16.1 Å². The summed E-state index contributed by atoms with van der Waals surface area (Å²) in [4.78, 5) is 14.1. The Morgan fingerprint density at radius 1 is 1.23 bits per heavy atom. The van der Waals surface area contributed by atoms with Gasteiger partial charge in [0.05, 0.1) is 43.1 Å². The van der Waals surface area contributed by atoms with Crippen molar-refractivity contribution in [2.45, 2.75) is 6.61 Å². The molecule has 10 heteroatoms. The molecule has 1 heterocycles. The number of amides is 1. The molecule has 1 saturated heterocycles. The molecule has 1 N–H and O–H groups in total. The number of hydrogen-bond donors (Lipinski definition) is 1. The second-order valence-corrected chi connectivity index (χ2v) is 8.41. The zero-order chi connectivity index (χ0) is 22.2. The summed E-state index contributed by atoms with van der Waals surface area (Å²) >= 11 is 15.5. The Balaban J connectivity index is 1.60. The van der Waals surface area contributed by atoms with Crippen LogP contribution < -0.4 is 14.9 Å². The first-order chi connectivity index (χ1) is 15.0. The quantitative estimate of drug-likeness (QED) is 0.410. The van der Waals surface area contributed by atoms with Gasteiger partial charge >= 0.3 is 0 Å². The van der Waals surface area contributed by atoms with Gasteiger partial charge in [0.1, 0.15) is 6.61 Å². The third-order valence-corrected chi connectivity index (χ3v) is 5.95. The molecular weight excluding hydrogens is 509 g/mol. The van der Waals surface area contributed by atoms with Crippen LogP contribution in [0, 0.1) is 0 Å². The molecule has 1 aliphatic rings. The van der Waals surface area contributed by atoms with Crippen LogP contribution in [0.5, 0.6) is 11.5 Å². The van der Waals surface area contributed by atoms with Crippen molar-refractivity contribution in [3.8, 4) is 11.5 Å². The first-order valence-corrected chi connectivity index (χ1v) is 11.1. The molecule has 7 nitrogen and oxygen atoms in total. The van der Waals surface area contributed by atoms with E-state index >= 15 is 0 Å². The van der Waals surface area contributed by atoms with Crippen LogP contribution in [0.4, 0.5) is 0 Å². The maximum absolute atomic E-state index is 12.0. The van der Waals surface area contributed by atoms with Gasteiger partial charge in [0, 0.05) is 23.1 Å². The molecule has 0 saturated carbocycles. The Hall–Kier alpha value is -1.84. The number of nitrogens with one attached hydrogen (secondary N) is 1. The van der Waals surface area contributed by atoms with E-state index in [-0.39, 0.29) is 12.5 Å². The van der Waals surface area contributed by atoms with Crippen molar-refractivity contribution in [2.24, 2.45) is 5.10 Å². The van der Waals surface area contributed by atoms with E-state index in [0.29, 0.717) is 41.4 Å². The summed E-state index contributed by atoms with van der Waals surface area (Å²) in [5, 5.41) is 5.01. The van der Waals surface area contributed by atoms with Gasteiger partial charge in [-0.05, 0) is 45.8 Å². The molecule has 1 fully saturated rings. The van der Waals surface area contributed by atoms with Crippen molar-refractivity contribution >= 4 is 51.3 Å². The van der Waals surface area contributed by atoms with Crippen LogP contribution in [-0.4, -0.2) is 57.0 Å². The van der Waals surface area contributed by atoms with Crippen LogP contribution in [0.1, 0.15) is 11.1 Å². The number of ether oxygens (including phenoxy) is 3. The lowest BCUT2D eigenvalue weighted by Crippen LogP contribution is -2.42. The number of benzene rings is 2. The van der Waals surface area contributed by atoms with Gasteiger partial charge in [0.15, 0.2) is 11.5 Å². The Morgan fingerprint density at radius 3 is 2.71 bits per heavy atom. The number of carbonyl (C=O) groups excluding carboxylic acids is 1. The maximum Gasteiger partial charge on any atom is 0.254 e. The molecule has 1 aliphatic heterocycles. The minimum atomic E-state index is -0.178. The molecule has 0 aromatic heterocycles. The van der Waals surface area contributed by atoms with E-state index in [1.165, 1.54) is 0 Å². The smallest absolute Gasteiger partial charge is 0.254 e. The second kappa shape index (κ2) is 11.7. The third-order valence-electron chi connectivity index (χ3n) is 4.53. The number of halogens is 3. The molecule has 3 rings (SSSR count). The molecule has 2 aromatic rings. The molecule has 0 radical (unpaired) electrons. The largest absolute Gasteiger partial charge is 0.493 e. The highest BCUT2D eigenvalue weighted by atomic mass is 79.9. The molecule has 2 aromatic carbocycles. The number of methoxy groups -OCH3 is 1. The fourth-order valence-electron chi connectivity index (χ4n) is 2.88. The number of nitrogens with zero attached hydrogens (tertiary/aromatic N) is 2. The van der Waals surface area contributed by atoms with Gasteiger partial charge in [-0.2, -0.15) is 5.10 Å². The van der Waals surface area contributed by atoms with Crippen LogP contribution in [0.15, 0.2) is 39.9 Å². The summed E-state index contributed by atoms with van der Waals surface area (Å²) in [5.41, 5.74) is 4.15. The van der Waals surface area contributed by atoms with E-state index in [1.54, 1.807) is 37.6 Å². The van der Waals surface area contributed by atoms with Gasteiger partial charge in [0.2, 0.25) is 0 Å². The fourth-order valence-corrected chi connectivity index (χ4v) is 3.63. The maximum atomic E-state index is 12.0. The van der Waals surface area contributed by atoms with Crippen LogP contribution in [0.25, 0.3) is 0 Å². The van der Waals surface area contributed by atoms with Crippen molar-refractivity contribution < 1.29 is 19.0 Å².